The standard InChI is InChI=1S/C26H23ClN2O3S/c1-16-7-12-21(17(2)13-16)28-26-29-25(30)23(33-26)14-19-5-4-6-22(31-3)24(19)32-15-18-8-10-20(27)11-9-18/h4-14H,15H2,1-3H3,(H,28,29,30)/b23-14+. The van der Waals surface area contributed by atoms with Crippen molar-refractivity contribution in [2.24, 2.45) is 4.99 Å². The second-order valence-electron chi connectivity index (χ2n) is 7.57. The van der Waals surface area contributed by atoms with Gasteiger partial charge >= 0.3 is 0 Å². The fourth-order valence-electron chi connectivity index (χ4n) is 3.36. The third-order valence-electron chi connectivity index (χ3n) is 5.04. The average Bonchev–Trinajstić information content (AvgIpc) is 3.14. The zero-order valence-electron chi connectivity index (χ0n) is 18.5. The number of benzene rings is 3. The third-order valence-corrected chi connectivity index (χ3v) is 6.20. The normalized spacial score (nSPS) is 15.7. The minimum atomic E-state index is -0.199. The lowest BCUT2D eigenvalue weighted by molar-refractivity contribution is -0.115. The summed E-state index contributed by atoms with van der Waals surface area (Å²) >= 11 is 7.27. The van der Waals surface area contributed by atoms with Crippen molar-refractivity contribution in [3.8, 4) is 11.5 Å². The molecular formula is C26H23ClN2O3S. The van der Waals surface area contributed by atoms with Gasteiger partial charge in [-0.05, 0) is 67.1 Å². The van der Waals surface area contributed by atoms with Gasteiger partial charge in [-0.25, -0.2) is 4.99 Å². The van der Waals surface area contributed by atoms with Crippen LogP contribution in [0, 0.1) is 13.8 Å². The Hall–Kier alpha value is -3.22. The number of nitrogens with one attached hydrogen (secondary N) is 1. The number of para-hydroxylation sites is 1. The van der Waals surface area contributed by atoms with Crippen LogP contribution in [0.3, 0.4) is 0 Å². The highest BCUT2D eigenvalue weighted by Gasteiger charge is 2.25. The van der Waals surface area contributed by atoms with Gasteiger partial charge in [0.2, 0.25) is 0 Å². The van der Waals surface area contributed by atoms with Gasteiger partial charge in [-0.3, -0.25) is 4.79 Å². The molecule has 7 heteroatoms. The fraction of sp³-hybridized carbons (Fsp3) is 0.154. The van der Waals surface area contributed by atoms with E-state index in [2.05, 4.69) is 16.4 Å². The quantitative estimate of drug-likeness (QED) is 0.414. The first-order valence-corrected chi connectivity index (χ1v) is 11.5. The first-order chi connectivity index (χ1) is 15.9. The summed E-state index contributed by atoms with van der Waals surface area (Å²) in [6.07, 6.45) is 1.80. The second kappa shape index (κ2) is 10.1. The van der Waals surface area contributed by atoms with Gasteiger partial charge in [0.15, 0.2) is 16.7 Å². The smallest absolute Gasteiger partial charge is 0.264 e. The molecule has 0 aliphatic carbocycles. The summed E-state index contributed by atoms with van der Waals surface area (Å²) in [5.74, 6) is 0.955. The van der Waals surface area contributed by atoms with Crippen molar-refractivity contribution in [2.45, 2.75) is 20.5 Å². The van der Waals surface area contributed by atoms with Crippen molar-refractivity contribution in [1.82, 2.24) is 5.32 Å². The van der Waals surface area contributed by atoms with E-state index in [1.165, 1.54) is 17.3 Å². The van der Waals surface area contributed by atoms with Crippen LogP contribution < -0.4 is 14.8 Å². The number of ether oxygens (including phenoxy) is 2. The maximum Gasteiger partial charge on any atom is 0.264 e. The molecule has 1 amide bonds. The van der Waals surface area contributed by atoms with Crippen LogP contribution in [0.2, 0.25) is 5.02 Å². The predicted octanol–water partition coefficient (Wildman–Crippen LogP) is 6.44. The molecule has 4 rings (SSSR count). The number of aliphatic imine (C=N–C) groups is 1. The van der Waals surface area contributed by atoms with Gasteiger partial charge in [-0.15, -0.1) is 0 Å². The maximum absolute atomic E-state index is 12.6. The van der Waals surface area contributed by atoms with Crippen LogP contribution >= 0.6 is 23.4 Å². The highest BCUT2D eigenvalue weighted by Crippen LogP contribution is 2.36. The Balaban J connectivity index is 1.59. The summed E-state index contributed by atoms with van der Waals surface area (Å²) < 4.78 is 11.6. The SMILES string of the molecule is COc1cccc(/C=C2/SC(=Nc3ccc(C)cc3C)NC2=O)c1OCc1ccc(Cl)cc1. The number of halogens is 1. The number of carbonyl (C=O) groups excluding carboxylic acids is 1. The number of hydrogen-bond acceptors (Lipinski definition) is 5. The molecule has 0 saturated carbocycles. The van der Waals surface area contributed by atoms with E-state index in [0.717, 1.165) is 22.4 Å². The molecule has 0 atom stereocenters. The number of amidine groups is 1. The predicted molar refractivity (Wildman–Crippen MR) is 135 cm³/mol. The van der Waals surface area contributed by atoms with Crippen molar-refractivity contribution in [2.75, 3.05) is 7.11 Å². The van der Waals surface area contributed by atoms with E-state index in [4.69, 9.17) is 21.1 Å². The number of thioether (sulfide) groups is 1. The van der Waals surface area contributed by atoms with E-state index in [0.29, 0.717) is 33.2 Å². The molecule has 0 unspecified atom stereocenters. The lowest BCUT2D eigenvalue weighted by atomic mass is 10.1. The second-order valence-corrected chi connectivity index (χ2v) is 9.03. The van der Waals surface area contributed by atoms with Crippen molar-refractivity contribution in [3.05, 3.63) is 92.8 Å². The zero-order valence-corrected chi connectivity index (χ0v) is 20.1. The topological polar surface area (TPSA) is 59.9 Å². The summed E-state index contributed by atoms with van der Waals surface area (Å²) in [6, 6.07) is 19.1. The van der Waals surface area contributed by atoms with Gasteiger partial charge in [0.05, 0.1) is 17.7 Å². The van der Waals surface area contributed by atoms with Gasteiger partial charge in [0.25, 0.3) is 5.91 Å². The third kappa shape index (κ3) is 5.59. The first-order valence-electron chi connectivity index (χ1n) is 10.3. The van der Waals surface area contributed by atoms with Crippen LogP contribution in [0.25, 0.3) is 6.08 Å². The first kappa shape index (κ1) is 23.0. The highest BCUT2D eigenvalue weighted by atomic mass is 35.5. The van der Waals surface area contributed by atoms with Crippen LogP contribution in [-0.4, -0.2) is 18.2 Å². The van der Waals surface area contributed by atoms with Crippen LogP contribution in [-0.2, 0) is 11.4 Å². The number of methoxy groups -OCH3 is 1. The maximum atomic E-state index is 12.6. The Morgan fingerprint density at radius 3 is 2.61 bits per heavy atom. The Kier molecular flexibility index (Phi) is 7.06. The van der Waals surface area contributed by atoms with Crippen LogP contribution in [0.15, 0.2) is 70.6 Å². The number of amides is 1. The van der Waals surface area contributed by atoms with E-state index in [9.17, 15) is 4.79 Å². The molecule has 3 aromatic rings. The lowest BCUT2D eigenvalue weighted by Crippen LogP contribution is -2.19. The van der Waals surface area contributed by atoms with Gasteiger partial charge in [0.1, 0.15) is 6.61 Å². The number of hydrogen-bond donors (Lipinski definition) is 1. The molecule has 1 fully saturated rings. The molecule has 3 aromatic carbocycles. The van der Waals surface area contributed by atoms with E-state index in [1.54, 1.807) is 13.2 Å². The van der Waals surface area contributed by atoms with Gasteiger partial charge in [0, 0.05) is 10.6 Å². The highest BCUT2D eigenvalue weighted by molar-refractivity contribution is 8.18. The molecule has 0 radical (unpaired) electrons. The summed E-state index contributed by atoms with van der Waals surface area (Å²) in [7, 11) is 1.59. The molecule has 1 N–H and O–H groups in total. The number of nitrogens with zero attached hydrogens (tertiary/aromatic N) is 1. The van der Waals surface area contributed by atoms with Crippen LogP contribution in [0.1, 0.15) is 22.3 Å². The molecule has 5 nitrogen and oxygen atoms in total. The molecule has 1 heterocycles. The van der Waals surface area contributed by atoms with E-state index in [-0.39, 0.29) is 5.91 Å². The van der Waals surface area contributed by atoms with E-state index >= 15 is 0 Å². The Bertz CT molecular complexity index is 1250. The minimum Gasteiger partial charge on any atom is -0.493 e. The summed E-state index contributed by atoms with van der Waals surface area (Å²) in [4.78, 5) is 17.8. The number of carbonyl (C=O) groups is 1. The van der Waals surface area contributed by atoms with E-state index in [1.807, 2.05) is 68.4 Å². The molecular weight excluding hydrogens is 456 g/mol. The van der Waals surface area contributed by atoms with Crippen molar-refractivity contribution in [3.63, 3.8) is 0 Å². The fourth-order valence-corrected chi connectivity index (χ4v) is 4.31. The Labute approximate surface area is 202 Å². The molecule has 33 heavy (non-hydrogen) atoms. The molecule has 0 spiro atoms. The molecule has 0 aromatic heterocycles. The number of rotatable bonds is 6. The van der Waals surface area contributed by atoms with E-state index < -0.39 is 0 Å². The van der Waals surface area contributed by atoms with Gasteiger partial charge < -0.3 is 14.8 Å². The number of aryl methyl sites for hydroxylation is 2. The molecule has 168 valence electrons. The molecule has 1 saturated heterocycles. The zero-order chi connectivity index (χ0) is 23.4. The van der Waals surface area contributed by atoms with Crippen LogP contribution in [0.5, 0.6) is 11.5 Å². The minimum absolute atomic E-state index is 0.199. The Morgan fingerprint density at radius 2 is 1.88 bits per heavy atom. The van der Waals surface area contributed by atoms with Gasteiger partial charge in [-0.1, -0.05) is 53.6 Å². The summed E-state index contributed by atoms with van der Waals surface area (Å²) in [5.41, 5.74) is 4.77. The van der Waals surface area contributed by atoms with Crippen LogP contribution in [0.4, 0.5) is 5.69 Å². The Morgan fingerprint density at radius 1 is 1.09 bits per heavy atom. The molecule has 0 bridgehead atoms. The largest absolute Gasteiger partial charge is 0.493 e. The summed E-state index contributed by atoms with van der Waals surface area (Å²) in [6.45, 7) is 4.38. The molecule has 1 aliphatic rings. The lowest BCUT2D eigenvalue weighted by Gasteiger charge is -2.14. The monoisotopic (exact) mass is 478 g/mol. The van der Waals surface area contributed by atoms with Gasteiger partial charge in [-0.2, -0.15) is 0 Å². The summed E-state index contributed by atoms with van der Waals surface area (Å²) in [5, 5.41) is 4.06. The van der Waals surface area contributed by atoms with Crippen molar-refractivity contribution < 1.29 is 14.3 Å². The van der Waals surface area contributed by atoms with Crippen molar-refractivity contribution >= 4 is 46.2 Å². The molecule has 1 aliphatic heterocycles. The average molecular weight is 479 g/mol. The van der Waals surface area contributed by atoms with Crippen molar-refractivity contribution in [1.29, 1.82) is 0 Å².